The zero-order valence-corrected chi connectivity index (χ0v) is 10.6. The lowest BCUT2D eigenvalue weighted by molar-refractivity contribution is 0.202. The predicted molar refractivity (Wildman–Crippen MR) is 76.1 cm³/mol. The summed E-state index contributed by atoms with van der Waals surface area (Å²) in [6.45, 7) is 0.656. The molecule has 1 aromatic heterocycles. The molecule has 1 unspecified atom stereocenters. The number of phenolic OH excluding ortho intramolecular Hbond substituents is 1. The standard InChI is InChI=1S/C15H13N3O2/c19-9-5-6-10-12(7-9)18-15(17-10)14-8-16-11-3-1-2-4-13(11)20-14/h1-7,14,16,19H,8H2,(H,17,18). The van der Waals surface area contributed by atoms with E-state index in [2.05, 4.69) is 15.3 Å². The average molecular weight is 267 g/mol. The van der Waals surface area contributed by atoms with Crippen LogP contribution in [0.25, 0.3) is 11.0 Å². The van der Waals surface area contributed by atoms with Crippen LogP contribution >= 0.6 is 0 Å². The minimum absolute atomic E-state index is 0.167. The van der Waals surface area contributed by atoms with Gasteiger partial charge in [-0.2, -0.15) is 0 Å². The van der Waals surface area contributed by atoms with E-state index in [1.165, 1.54) is 0 Å². The predicted octanol–water partition coefficient (Wildman–Crippen LogP) is 2.81. The molecule has 1 atom stereocenters. The van der Waals surface area contributed by atoms with Crippen molar-refractivity contribution in [2.45, 2.75) is 6.10 Å². The number of hydrogen-bond donors (Lipinski definition) is 3. The Hall–Kier alpha value is -2.69. The number of anilines is 1. The van der Waals surface area contributed by atoms with Gasteiger partial charge in [-0.15, -0.1) is 0 Å². The first-order chi connectivity index (χ1) is 9.79. The first kappa shape index (κ1) is 11.2. The number of H-pyrrole nitrogens is 1. The maximum Gasteiger partial charge on any atom is 0.173 e. The molecule has 3 N–H and O–H groups in total. The van der Waals surface area contributed by atoms with Crippen LogP contribution in [0, 0.1) is 0 Å². The molecule has 20 heavy (non-hydrogen) atoms. The van der Waals surface area contributed by atoms with Gasteiger partial charge in [0.2, 0.25) is 0 Å². The van der Waals surface area contributed by atoms with Crippen LogP contribution in [0.2, 0.25) is 0 Å². The molecular formula is C15H13N3O2. The molecule has 1 aliphatic heterocycles. The molecule has 0 saturated heterocycles. The Kier molecular flexibility index (Phi) is 2.32. The Bertz CT molecular complexity index is 782. The van der Waals surface area contributed by atoms with Crippen molar-refractivity contribution in [1.82, 2.24) is 9.97 Å². The summed E-state index contributed by atoms with van der Waals surface area (Å²) in [5, 5.41) is 12.8. The zero-order valence-electron chi connectivity index (χ0n) is 10.6. The van der Waals surface area contributed by atoms with Gasteiger partial charge in [0.15, 0.2) is 6.10 Å². The monoisotopic (exact) mass is 267 g/mol. The van der Waals surface area contributed by atoms with Crippen molar-refractivity contribution in [1.29, 1.82) is 0 Å². The summed E-state index contributed by atoms with van der Waals surface area (Å²) in [5.41, 5.74) is 2.63. The van der Waals surface area contributed by atoms with E-state index < -0.39 is 0 Å². The van der Waals surface area contributed by atoms with E-state index in [1.54, 1.807) is 18.2 Å². The molecule has 0 saturated carbocycles. The lowest BCUT2D eigenvalue weighted by Gasteiger charge is -2.25. The van der Waals surface area contributed by atoms with Crippen LogP contribution in [0.5, 0.6) is 11.5 Å². The number of aromatic amines is 1. The van der Waals surface area contributed by atoms with Crippen LogP contribution in [0.3, 0.4) is 0 Å². The number of para-hydroxylation sites is 2. The Morgan fingerprint density at radius 1 is 1.20 bits per heavy atom. The van der Waals surface area contributed by atoms with Crippen LogP contribution in [0.1, 0.15) is 11.9 Å². The number of ether oxygens (including phenoxy) is 1. The molecule has 5 nitrogen and oxygen atoms in total. The largest absolute Gasteiger partial charge is 0.508 e. The van der Waals surface area contributed by atoms with Crippen LogP contribution in [-0.4, -0.2) is 21.6 Å². The third-order valence-electron chi connectivity index (χ3n) is 3.42. The van der Waals surface area contributed by atoms with Crippen LogP contribution < -0.4 is 10.1 Å². The number of nitrogens with zero attached hydrogens (tertiary/aromatic N) is 1. The maximum atomic E-state index is 9.49. The highest BCUT2D eigenvalue weighted by Crippen LogP contribution is 2.33. The van der Waals surface area contributed by atoms with E-state index in [9.17, 15) is 5.11 Å². The number of nitrogens with one attached hydrogen (secondary N) is 2. The van der Waals surface area contributed by atoms with Crippen LogP contribution in [-0.2, 0) is 0 Å². The molecule has 3 aromatic rings. The van der Waals surface area contributed by atoms with Crippen molar-refractivity contribution in [2.75, 3.05) is 11.9 Å². The van der Waals surface area contributed by atoms with E-state index in [0.717, 1.165) is 28.3 Å². The Labute approximate surface area is 115 Å². The maximum absolute atomic E-state index is 9.49. The summed E-state index contributed by atoms with van der Waals surface area (Å²) in [7, 11) is 0. The Morgan fingerprint density at radius 3 is 3.05 bits per heavy atom. The highest BCUT2D eigenvalue weighted by Gasteiger charge is 2.23. The first-order valence-electron chi connectivity index (χ1n) is 6.48. The topological polar surface area (TPSA) is 70.2 Å². The molecule has 0 radical (unpaired) electrons. The highest BCUT2D eigenvalue weighted by atomic mass is 16.5. The molecule has 0 bridgehead atoms. The molecule has 0 fully saturated rings. The minimum Gasteiger partial charge on any atom is -0.508 e. The Balaban J connectivity index is 1.70. The van der Waals surface area contributed by atoms with Crippen molar-refractivity contribution in [2.24, 2.45) is 0 Å². The third-order valence-corrected chi connectivity index (χ3v) is 3.42. The van der Waals surface area contributed by atoms with Crippen molar-refractivity contribution < 1.29 is 9.84 Å². The quantitative estimate of drug-likeness (QED) is 0.634. The molecule has 0 spiro atoms. The van der Waals surface area contributed by atoms with E-state index in [0.29, 0.717) is 6.54 Å². The fourth-order valence-corrected chi connectivity index (χ4v) is 2.44. The molecule has 5 heteroatoms. The van der Waals surface area contributed by atoms with Gasteiger partial charge in [-0.25, -0.2) is 4.98 Å². The number of benzene rings is 2. The molecular weight excluding hydrogens is 254 g/mol. The molecule has 0 aliphatic carbocycles. The van der Waals surface area contributed by atoms with Gasteiger partial charge in [0.05, 0.1) is 23.3 Å². The van der Waals surface area contributed by atoms with Gasteiger partial charge in [0, 0.05) is 6.07 Å². The second-order valence-electron chi connectivity index (χ2n) is 4.81. The van der Waals surface area contributed by atoms with Crippen LogP contribution in [0.15, 0.2) is 42.5 Å². The summed E-state index contributed by atoms with van der Waals surface area (Å²) in [5.74, 6) is 1.81. The first-order valence-corrected chi connectivity index (χ1v) is 6.48. The van der Waals surface area contributed by atoms with E-state index in [4.69, 9.17) is 4.74 Å². The fraction of sp³-hybridized carbons (Fsp3) is 0.133. The van der Waals surface area contributed by atoms with Crippen molar-refractivity contribution in [3.8, 4) is 11.5 Å². The average Bonchev–Trinajstić information content (AvgIpc) is 2.89. The van der Waals surface area contributed by atoms with E-state index >= 15 is 0 Å². The SMILES string of the molecule is Oc1ccc2nc(C3CNc4ccccc4O3)[nH]c2c1. The second kappa shape index (κ2) is 4.16. The number of aromatic nitrogens is 2. The number of fused-ring (bicyclic) bond motifs is 2. The van der Waals surface area contributed by atoms with Crippen molar-refractivity contribution in [3.63, 3.8) is 0 Å². The number of hydrogen-bond acceptors (Lipinski definition) is 4. The molecule has 100 valence electrons. The van der Waals surface area contributed by atoms with E-state index in [1.807, 2.05) is 24.3 Å². The van der Waals surface area contributed by atoms with Gasteiger partial charge in [-0.3, -0.25) is 0 Å². The third kappa shape index (κ3) is 1.75. The summed E-state index contributed by atoms with van der Waals surface area (Å²) in [6, 6.07) is 12.9. The van der Waals surface area contributed by atoms with E-state index in [-0.39, 0.29) is 11.9 Å². The molecule has 0 amide bonds. The van der Waals surface area contributed by atoms with Crippen molar-refractivity contribution in [3.05, 3.63) is 48.3 Å². The zero-order chi connectivity index (χ0) is 13.5. The highest BCUT2D eigenvalue weighted by molar-refractivity contribution is 5.76. The van der Waals surface area contributed by atoms with Crippen LogP contribution in [0.4, 0.5) is 5.69 Å². The van der Waals surface area contributed by atoms with Gasteiger partial charge < -0.3 is 20.1 Å². The number of imidazole rings is 1. The lowest BCUT2D eigenvalue weighted by atomic mass is 10.2. The smallest absolute Gasteiger partial charge is 0.173 e. The lowest BCUT2D eigenvalue weighted by Crippen LogP contribution is -2.24. The van der Waals surface area contributed by atoms with Gasteiger partial charge in [0.1, 0.15) is 17.3 Å². The second-order valence-corrected chi connectivity index (χ2v) is 4.81. The number of aromatic hydroxyl groups is 1. The van der Waals surface area contributed by atoms with Gasteiger partial charge >= 0.3 is 0 Å². The van der Waals surface area contributed by atoms with Gasteiger partial charge in [-0.1, -0.05) is 12.1 Å². The molecule has 2 heterocycles. The Morgan fingerprint density at radius 2 is 2.10 bits per heavy atom. The molecule has 1 aliphatic rings. The molecule has 4 rings (SSSR count). The summed E-state index contributed by atoms with van der Waals surface area (Å²) in [4.78, 5) is 7.72. The number of phenols is 1. The summed E-state index contributed by atoms with van der Waals surface area (Å²) < 4.78 is 5.96. The normalized spacial score (nSPS) is 17.3. The number of rotatable bonds is 1. The molecule has 2 aromatic carbocycles. The van der Waals surface area contributed by atoms with Crippen molar-refractivity contribution >= 4 is 16.7 Å². The summed E-state index contributed by atoms with van der Waals surface area (Å²) >= 11 is 0. The van der Waals surface area contributed by atoms with Gasteiger partial charge in [-0.05, 0) is 24.3 Å². The van der Waals surface area contributed by atoms with Gasteiger partial charge in [0.25, 0.3) is 0 Å². The minimum atomic E-state index is -0.167. The summed E-state index contributed by atoms with van der Waals surface area (Å²) in [6.07, 6.45) is -0.167. The fourth-order valence-electron chi connectivity index (χ4n) is 2.44.